The van der Waals surface area contributed by atoms with Crippen LogP contribution in [0.1, 0.15) is 6.42 Å². The van der Waals surface area contributed by atoms with Gasteiger partial charge in [-0.2, -0.15) is 0 Å². The molecule has 0 aromatic carbocycles. The molecule has 0 aliphatic carbocycles. The maximum absolute atomic E-state index is 11.0. The molecule has 1 rings (SSSR count). The molecule has 0 saturated carbocycles. The van der Waals surface area contributed by atoms with Gasteiger partial charge in [0.1, 0.15) is 0 Å². The van der Waals surface area contributed by atoms with Crippen LogP contribution in [0.15, 0.2) is 0 Å². The van der Waals surface area contributed by atoms with Gasteiger partial charge in [-0.1, -0.05) is 34.8 Å². The maximum atomic E-state index is 11.0. The zero-order valence-corrected chi connectivity index (χ0v) is 9.12. The van der Waals surface area contributed by atoms with Crippen LogP contribution < -0.4 is 5.32 Å². The summed E-state index contributed by atoms with van der Waals surface area (Å²) in [4.78, 5) is 11.0. The van der Waals surface area contributed by atoms with Gasteiger partial charge in [-0.25, -0.2) is 4.79 Å². The Kier molecular flexibility index (Phi) is 4.10. The molecule has 1 aliphatic heterocycles. The van der Waals surface area contributed by atoms with Gasteiger partial charge in [-0.05, 0) is 13.0 Å². The fraction of sp³-hybridized carbons (Fsp3) is 0.857. The third-order valence-electron chi connectivity index (χ3n) is 1.84. The van der Waals surface area contributed by atoms with Crippen LogP contribution in [0.4, 0.5) is 0 Å². The van der Waals surface area contributed by atoms with E-state index in [0.717, 1.165) is 19.5 Å². The molecule has 1 atom stereocenters. The summed E-state index contributed by atoms with van der Waals surface area (Å²) in [6.07, 6.45) is 0.993. The summed E-state index contributed by atoms with van der Waals surface area (Å²) < 4.78 is 2.86. The molecule has 1 saturated heterocycles. The zero-order valence-electron chi connectivity index (χ0n) is 6.86. The molecule has 0 unspecified atom stereocenters. The molecule has 1 fully saturated rings. The van der Waals surface area contributed by atoms with Crippen LogP contribution in [0, 0.1) is 5.92 Å². The third kappa shape index (κ3) is 3.90. The standard InChI is InChI=1S/C7H10Cl3NO2/c8-7(9,10)6(12)13-4-5-1-2-11-3-5/h5,11H,1-4H2/t5-/m0/s1. The fourth-order valence-electron chi connectivity index (χ4n) is 1.13. The van der Waals surface area contributed by atoms with Crippen LogP contribution in [0.25, 0.3) is 0 Å². The number of hydrogen-bond acceptors (Lipinski definition) is 3. The van der Waals surface area contributed by atoms with Crippen molar-refractivity contribution < 1.29 is 9.53 Å². The van der Waals surface area contributed by atoms with Crippen molar-refractivity contribution in [2.45, 2.75) is 10.2 Å². The van der Waals surface area contributed by atoms with Crippen molar-refractivity contribution in [3.8, 4) is 0 Å². The lowest BCUT2D eigenvalue weighted by atomic mass is 10.1. The molecule has 0 amide bonds. The highest BCUT2D eigenvalue weighted by atomic mass is 35.6. The van der Waals surface area contributed by atoms with Crippen molar-refractivity contribution >= 4 is 40.8 Å². The topological polar surface area (TPSA) is 38.3 Å². The van der Waals surface area contributed by atoms with E-state index < -0.39 is 9.76 Å². The van der Waals surface area contributed by atoms with E-state index in [1.54, 1.807) is 0 Å². The minimum atomic E-state index is -1.95. The second kappa shape index (κ2) is 4.69. The summed E-state index contributed by atoms with van der Waals surface area (Å²) in [5.41, 5.74) is 0. The molecule has 1 N–H and O–H groups in total. The number of rotatable bonds is 2. The van der Waals surface area contributed by atoms with Crippen molar-refractivity contribution in [3.05, 3.63) is 0 Å². The molecule has 3 nitrogen and oxygen atoms in total. The molecular weight excluding hydrogens is 236 g/mol. The molecule has 13 heavy (non-hydrogen) atoms. The van der Waals surface area contributed by atoms with Crippen molar-refractivity contribution in [2.24, 2.45) is 5.92 Å². The molecule has 0 aromatic rings. The Morgan fingerprint density at radius 3 is 2.69 bits per heavy atom. The second-order valence-corrected chi connectivity index (χ2v) is 5.24. The van der Waals surface area contributed by atoms with Crippen molar-refractivity contribution in [3.63, 3.8) is 0 Å². The average molecular weight is 247 g/mol. The maximum Gasteiger partial charge on any atom is 0.358 e. The first-order valence-electron chi connectivity index (χ1n) is 3.95. The molecule has 1 aliphatic rings. The summed E-state index contributed by atoms with van der Waals surface area (Å²) in [7, 11) is 0. The van der Waals surface area contributed by atoms with Crippen LogP contribution >= 0.6 is 34.8 Å². The van der Waals surface area contributed by atoms with Crippen LogP contribution in [-0.2, 0) is 9.53 Å². The average Bonchev–Trinajstić information content (AvgIpc) is 2.50. The van der Waals surface area contributed by atoms with E-state index in [0.29, 0.717) is 12.5 Å². The number of ether oxygens (including phenoxy) is 1. The van der Waals surface area contributed by atoms with Gasteiger partial charge in [-0.3, -0.25) is 0 Å². The van der Waals surface area contributed by atoms with Crippen LogP contribution in [0.3, 0.4) is 0 Å². The predicted molar refractivity (Wildman–Crippen MR) is 52.2 cm³/mol. The van der Waals surface area contributed by atoms with E-state index in [2.05, 4.69) is 5.32 Å². The molecular formula is C7H10Cl3NO2. The lowest BCUT2D eigenvalue weighted by Crippen LogP contribution is -2.25. The van der Waals surface area contributed by atoms with Gasteiger partial charge in [0.05, 0.1) is 6.61 Å². The van der Waals surface area contributed by atoms with E-state index in [4.69, 9.17) is 39.5 Å². The normalized spacial score (nSPS) is 23.2. The number of carbonyl (C=O) groups excluding carboxylic acids is 1. The zero-order chi connectivity index (χ0) is 9.90. The van der Waals surface area contributed by atoms with Gasteiger partial charge >= 0.3 is 5.97 Å². The van der Waals surface area contributed by atoms with Crippen molar-refractivity contribution in [2.75, 3.05) is 19.7 Å². The summed E-state index contributed by atoms with van der Waals surface area (Å²) in [5, 5.41) is 3.14. The van der Waals surface area contributed by atoms with Gasteiger partial charge in [0.15, 0.2) is 0 Å². The summed E-state index contributed by atoms with van der Waals surface area (Å²) in [5.74, 6) is -0.458. The SMILES string of the molecule is O=C(OC[C@H]1CCNC1)C(Cl)(Cl)Cl. The van der Waals surface area contributed by atoms with E-state index in [-0.39, 0.29) is 0 Å². The molecule has 0 aromatic heterocycles. The minimum absolute atomic E-state index is 0.319. The molecule has 0 spiro atoms. The van der Waals surface area contributed by atoms with Gasteiger partial charge in [-0.15, -0.1) is 0 Å². The second-order valence-electron chi connectivity index (χ2n) is 2.96. The number of halogens is 3. The van der Waals surface area contributed by atoms with Gasteiger partial charge in [0.25, 0.3) is 3.79 Å². The quantitative estimate of drug-likeness (QED) is 0.593. The highest BCUT2D eigenvalue weighted by Crippen LogP contribution is 2.27. The first kappa shape index (κ1) is 11.4. The summed E-state index contributed by atoms with van der Waals surface area (Å²) in [6, 6.07) is 0. The predicted octanol–water partition coefficient (Wildman–Crippen LogP) is 1.51. The highest BCUT2D eigenvalue weighted by molar-refractivity contribution is 6.75. The summed E-state index contributed by atoms with van der Waals surface area (Å²) >= 11 is 15.9. The Morgan fingerprint density at radius 2 is 2.23 bits per heavy atom. The Labute approximate surface area is 91.7 Å². The van der Waals surface area contributed by atoms with E-state index in [1.807, 2.05) is 0 Å². The van der Waals surface area contributed by atoms with E-state index >= 15 is 0 Å². The molecule has 1 heterocycles. The Hall–Kier alpha value is 0.300. The van der Waals surface area contributed by atoms with Crippen LogP contribution in [0.2, 0.25) is 0 Å². The molecule has 0 bridgehead atoms. The van der Waals surface area contributed by atoms with Gasteiger partial charge in [0.2, 0.25) is 0 Å². The minimum Gasteiger partial charge on any atom is -0.462 e. The third-order valence-corrected chi connectivity index (χ3v) is 2.31. The largest absolute Gasteiger partial charge is 0.462 e. The molecule has 6 heteroatoms. The smallest absolute Gasteiger partial charge is 0.358 e. The Morgan fingerprint density at radius 1 is 1.54 bits per heavy atom. The number of carbonyl (C=O) groups is 1. The Balaban J connectivity index is 2.22. The lowest BCUT2D eigenvalue weighted by Gasteiger charge is -2.13. The first-order valence-corrected chi connectivity index (χ1v) is 5.08. The monoisotopic (exact) mass is 245 g/mol. The van der Waals surface area contributed by atoms with Crippen molar-refractivity contribution in [1.82, 2.24) is 5.32 Å². The molecule has 76 valence electrons. The number of esters is 1. The van der Waals surface area contributed by atoms with Crippen LogP contribution in [0.5, 0.6) is 0 Å². The fourth-order valence-corrected chi connectivity index (χ4v) is 1.30. The molecule has 0 radical (unpaired) electrons. The number of nitrogens with one attached hydrogen (secondary N) is 1. The number of alkyl halides is 3. The number of hydrogen-bond donors (Lipinski definition) is 1. The van der Waals surface area contributed by atoms with Crippen molar-refractivity contribution in [1.29, 1.82) is 0 Å². The van der Waals surface area contributed by atoms with Gasteiger partial charge in [0, 0.05) is 12.5 Å². The van der Waals surface area contributed by atoms with Crippen LogP contribution in [-0.4, -0.2) is 29.5 Å². The van der Waals surface area contributed by atoms with E-state index in [1.165, 1.54) is 0 Å². The first-order chi connectivity index (χ1) is 6.00. The van der Waals surface area contributed by atoms with Gasteiger partial charge < -0.3 is 10.1 Å². The highest BCUT2D eigenvalue weighted by Gasteiger charge is 2.33. The Bertz CT molecular complexity index is 187. The van der Waals surface area contributed by atoms with E-state index in [9.17, 15) is 4.79 Å². The summed E-state index contributed by atoms with van der Waals surface area (Å²) in [6.45, 7) is 2.13. The lowest BCUT2D eigenvalue weighted by molar-refractivity contribution is -0.143.